The lowest BCUT2D eigenvalue weighted by Crippen LogP contribution is -2.26. The van der Waals surface area contributed by atoms with Gasteiger partial charge in [-0.05, 0) is 78.4 Å². The predicted molar refractivity (Wildman–Crippen MR) is 133 cm³/mol. The number of anilines is 1. The van der Waals surface area contributed by atoms with E-state index in [9.17, 15) is 8.78 Å². The minimum absolute atomic E-state index is 0.191. The van der Waals surface area contributed by atoms with Gasteiger partial charge in [0.1, 0.15) is 0 Å². The Morgan fingerprint density at radius 1 is 1.03 bits per heavy atom. The van der Waals surface area contributed by atoms with Crippen LogP contribution < -0.4 is 11.1 Å². The molecule has 1 radical (unpaired) electrons. The summed E-state index contributed by atoms with van der Waals surface area (Å²) in [7, 11) is 0. The third-order valence-electron chi connectivity index (χ3n) is 7.32. The summed E-state index contributed by atoms with van der Waals surface area (Å²) in [6, 6.07) is 16.7. The molecule has 1 aromatic heterocycles. The molecule has 0 aliphatic carbocycles. The standard InChI is InChI=1S/C28H26F2N5/c1-16-5-4-10-35(16)15-19-12-23(29)24(30)13-21(19)17-8-9-25-22(11-17)27(34-28(31)33-25)26-20-7-3-2-6-18(20)14-32-26/h2-3,6-9,11-13,16,26H,4-5,10,14-15H2,1H3,(H2,31,33,34). The Kier molecular flexibility index (Phi) is 5.46. The van der Waals surface area contributed by atoms with Crippen LogP contribution in [0.4, 0.5) is 14.7 Å². The van der Waals surface area contributed by atoms with Crippen LogP contribution in [0.2, 0.25) is 0 Å². The molecule has 1 saturated heterocycles. The van der Waals surface area contributed by atoms with E-state index in [4.69, 9.17) is 11.1 Å². The highest BCUT2D eigenvalue weighted by molar-refractivity contribution is 5.88. The lowest BCUT2D eigenvalue weighted by Gasteiger charge is -2.23. The second-order valence-electron chi connectivity index (χ2n) is 9.53. The third-order valence-corrected chi connectivity index (χ3v) is 7.32. The van der Waals surface area contributed by atoms with Gasteiger partial charge in [0.15, 0.2) is 11.6 Å². The van der Waals surface area contributed by atoms with E-state index >= 15 is 0 Å². The highest BCUT2D eigenvalue weighted by Gasteiger charge is 2.28. The number of rotatable bonds is 4. The zero-order chi connectivity index (χ0) is 24.1. The Balaban J connectivity index is 1.49. The summed E-state index contributed by atoms with van der Waals surface area (Å²) in [5.74, 6) is -1.49. The van der Waals surface area contributed by atoms with E-state index in [0.29, 0.717) is 30.2 Å². The van der Waals surface area contributed by atoms with Crippen molar-refractivity contribution in [1.82, 2.24) is 20.2 Å². The summed E-state index contributed by atoms with van der Waals surface area (Å²) < 4.78 is 28.8. The van der Waals surface area contributed by atoms with E-state index in [0.717, 1.165) is 47.2 Å². The molecule has 3 heterocycles. The number of nitrogen functional groups attached to an aromatic ring is 1. The fraction of sp³-hybridized carbons (Fsp3) is 0.286. The van der Waals surface area contributed by atoms with Crippen molar-refractivity contribution in [3.8, 4) is 11.1 Å². The Morgan fingerprint density at radius 2 is 1.86 bits per heavy atom. The third kappa shape index (κ3) is 3.94. The van der Waals surface area contributed by atoms with E-state index in [1.54, 1.807) is 0 Å². The van der Waals surface area contributed by atoms with Crippen molar-refractivity contribution < 1.29 is 8.78 Å². The van der Waals surface area contributed by atoms with Crippen LogP contribution in [0.25, 0.3) is 22.0 Å². The topological polar surface area (TPSA) is 69.1 Å². The second kappa shape index (κ2) is 8.66. The number of benzene rings is 3. The van der Waals surface area contributed by atoms with E-state index in [2.05, 4.69) is 33.9 Å². The molecule has 0 saturated carbocycles. The monoisotopic (exact) mass is 470 g/mol. The minimum atomic E-state index is -0.855. The summed E-state index contributed by atoms with van der Waals surface area (Å²) in [5.41, 5.74) is 12.0. The number of nitrogens with zero attached hydrogens (tertiary/aromatic N) is 4. The average molecular weight is 471 g/mol. The molecule has 2 unspecified atom stereocenters. The SMILES string of the molecule is CC1CCCN1Cc1cc(F)c(F)cc1-c1ccc2nc(N)nc(C3[N]Cc4ccccc43)c2c1. The first-order valence-corrected chi connectivity index (χ1v) is 12.0. The van der Waals surface area contributed by atoms with E-state index in [1.165, 1.54) is 17.7 Å². The molecule has 4 aromatic rings. The van der Waals surface area contributed by atoms with Gasteiger partial charge in [0, 0.05) is 24.5 Å². The van der Waals surface area contributed by atoms with Crippen LogP contribution in [0.1, 0.15) is 48.2 Å². The van der Waals surface area contributed by atoms with Crippen molar-refractivity contribution >= 4 is 16.9 Å². The number of nitrogens with two attached hydrogens (primary N) is 1. The normalized spacial score (nSPS) is 20.0. The molecule has 2 aliphatic rings. The fourth-order valence-electron chi connectivity index (χ4n) is 5.45. The van der Waals surface area contributed by atoms with Crippen LogP contribution in [0, 0.1) is 11.6 Å². The molecule has 35 heavy (non-hydrogen) atoms. The fourth-order valence-corrected chi connectivity index (χ4v) is 5.45. The van der Waals surface area contributed by atoms with Crippen LogP contribution in [-0.2, 0) is 13.1 Å². The lowest BCUT2D eigenvalue weighted by atomic mass is 9.94. The average Bonchev–Trinajstić information content (AvgIpc) is 3.46. The number of hydrogen-bond donors (Lipinski definition) is 1. The Morgan fingerprint density at radius 3 is 2.69 bits per heavy atom. The highest BCUT2D eigenvalue weighted by atomic mass is 19.2. The summed E-state index contributed by atoms with van der Waals surface area (Å²) in [6.45, 7) is 4.33. The molecule has 2 aliphatic heterocycles. The van der Waals surface area contributed by atoms with Gasteiger partial charge in [-0.2, -0.15) is 0 Å². The van der Waals surface area contributed by atoms with Gasteiger partial charge >= 0.3 is 0 Å². The summed E-state index contributed by atoms with van der Waals surface area (Å²) in [6.07, 6.45) is 2.23. The number of likely N-dealkylation sites (tertiary alicyclic amines) is 1. The maximum Gasteiger partial charge on any atom is 0.220 e. The number of aromatic nitrogens is 2. The van der Waals surface area contributed by atoms with Gasteiger partial charge in [-0.15, -0.1) is 0 Å². The Bertz CT molecular complexity index is 1440. The van der Waals surface area contributed by atoms with Gasteiger partial charge < -0.3 is 5.73 Å². The van der Waals surface area contributed by atoms with Crippen LogP contribution in [-0.4, -0.2) is 27.5 Å². The smallest absolute Gasteiger partial charge is 0.220 e. The van der Waals surface area contributed by atoms with Gasteiger partial charge in [-0.25, -0.2) is 24.1 Å². The lowest BCUT2D eigenvalue weighted by molar-refractivity contribution is 0.260. The molecular formula is C28H26F2N5. The first-order valence-electron chi connectivity index (χ1n) is 12.0. The van der Waals surface area contributed by atoms with Crippen molar-refractivity contribution in [1.29, 1.82) is 0 Å². The molecule has 177 valence electrons. The quantitative estimate of drug-likeness (QED) is 0.437. The Labute approximate surface area is 203 Å². The maximum absolute atomic E-state index is 14.4. The maximum atomic E-state index is 14.4. The van der Waals surface area contributed by atoms with Gasteiger partial charge in [-0.3, -0.25) is 4.90 Å². The molecule has 7 heteroatoms. The van der Waals surface area contributed by atoms with Crippen LogP contribution in [0.15, 0.2) is 54.6 Å². The molecule has 2 atom stereocenters. The number of fused-ring (bicyclic) bond motifs is 2. The summed E-state index contributed by atoms with van der Waals surface area (Å²) in [5, 5.41) is 5.64. The Hall–Kier alpha value is -3.42. The molecular weight excluding hydrogens is 444 g/mol. The van der Waals surface area contributed by atoms with Crippen molar-refractivity contribution in [3.63, 3.8) is 0 Å². The second-order valence-corrected chi connectivity index (χ2v) is 9.53. The molecule has 0 spiro atoms. The molecule has 6 rings (SSSR count). The first-order chi connectivity index (χ1) is 17.0. The van der Waals surface area contributed by atoms with Gasteiger partial charge in [-0.1, -0.05) is 30.3 Å². The summed E-state index contributed by atoms with van der Waals surface area (Å²) >= 11 is 0. The summed E-state index contributed by atoms with van der Waals surface area (Å²) in [4.78, 5) is 11.3. The van der Waals surface area contributed by atoms with E-state index in [-0.39, 0.29) is 12.0 Å². The minimum Gasteiger partial charge on any atom is -0.368 e. The van der Waals surface area contributed by atoms with Crippen LogP contribution in [0.5, 0.6) is 0 Å². The van der Waals surface area contributed by atoms with Crippen molar-refractivity contribution in [2.24, 2.45) is 0 Å². The van der Waals surface area contributed by atoms with Crippen molar-refractivity contribution in [2.75, 3.05) is 12.3 Å². The molecule has 2 N–H and O–H groups in total. The molecule has 1 fully saturated rings. The zero-order valence-corrected chi connectivity index (χ0v) is 19.5. The molecule has 5 nitrogen and oxygen atoms in total. The number of hydrogen-bond acceptors (Lipinski definition) is 4. The van der Waals surface area contributed by atoms with Crippen molar-refractivity contribution in [2.45, 2.75) is 44.9 Å². The van der Waals surface area contributed by atoms with Gasteiger partial charge in [0.25, 0.3) is 0 Å². The highest BCUT2D eigenvalue weighted by Crippen LogP contribution is 2.37. The van der Waals surface area contributed by atoms with Crippen LogP contribution in [0.3, 0.4) is 0 Å². The van der Waals surface area contributed by atoms with E-state index in [1.807, 2.05) is 30.3 Å². The largest absolute Gasteiger partial charge is 0.368 e. The molecule has 3 aromatic carbocycles. The molecule has 0 amide bonds. The zero-order valence-electron chi connectivity index (χ0n) is 19.5. The molecule has 0 bridgehead atoms. The first kappa shape index (κ1) is 22.1. The van der Waals surface area contributed by atoms with Gasteiger partial charge in [0.2, 0.25) is 5.95 Å². The van der Waals surface area contributed by atoms with Crippen molar-refractivity contribution in [3.05, 3.63) is 88.6 Å². The van der Waals surface area contributed by atoms with E-state index < -0.39 is 11.6 Å². The van der Waals surface area contributed by atoms with Gasteiger partial charge in [0.05, 0.1) is 17.3 Å². The predicted octanol–water partition coefficient (Wildman–Crippen LogP) is 5.35. The number of halogens is 2. The van der Waals surface area contributed by atoms with Crippen LogP contribution >= 0.6 is 0 Å².